The molecule has 1 heterocycles. The highest BCUT2D eigenvalue weighted by Crippen LogP contribution is 2.44. The van der Waals surface area contributed by atoms with E-state index in [1.54, 1.807) is 11.8 Å². The predicted molar refractivity (Wildman–Crippen MR) is 126 cm³/mol. The molecule has 1 aliphatic carbocycles. The van der Waals surface area contributed by atoms with Crippen LogP contribution in [0.3, 0.4) is 0 Å². The van der Waals surface area contributed by atoms with Gasteiger partial charge >= 0.3 is 5.97 Å². The van der Waals surface area contributed by atoms with Gasteiger partial charge in [-0.2, -0.15) is 0 Å². The number of hydrogen-bond acceptors (Lipinski definition) is 5. The molecule has 0 bridgehead atoms. The molecular weight excluding hydrogens is 420 g/mol. The molecule has 5 atom stereocenters. The number of amides is 2. The van der Waals surface area contributed by atoms with Crippen LogP contribution in [-0.2, 0) is 19.1 Å². The summed E-state index contributed by atoms with van der Waals surface area (Å²) in [5, 5.41) is 12.1. The molecule has 7 heteroatoms. The lowest BCUT2D eigenvalue weighted by Gasteiger charge is -2.32. The van der Waals surface area contributed by atoms with Gasteiger partial charge < -0.3 is 20.1 Å². The standard InChI is InChI=1S/C26H36N2O5/c1-5-33-26(32)21-18(4)11-12-19-22(21)25(31)28(13-7-6-8-14-29)23(19)24(30)27-20-15-16(2)9-10-17(20)3/h9-12,15,18-19,21-23,29H,5-8,13-14H2,1-4H3,(H,27,30)/t18-,19+,21-,22+,23+/m1/s1. The van der Waals surface area contributed by atoms with Gasteiger partial charge in [-0.1, -0.05) is 31.2 Å². The number of nitrogens with one attached hydrogen (secondary N) is 1. The number of anilines is 1. The second kappa shape index (κ2) is 11.0. The summed E-state index contributed by atoms with van der Waals surface area (Å²) in [6, 6.07) is 5.17. The van der Waals surface area contributed by atoms with Crippen molar-refractivity contribution in [2.24, 2.45) is 23.7 Å². The largest absolute Gasteiger partial charge is 0.466 e. The molecule has 1 fully saturated rings. The minimum atomic E-state index is -0.697. The molecule has 2 amide bonds. The van der Waals surface area contributed by atoms with Crippen molar-refractivity contribution < 1.29 is 24.2 Å². The van der Waals surface area contributed by atoms with Crippen molar-refractivity contribution in [2.45, 2.75) is 53.0 Å². The molecule has 1 aromatic carbocycles. The lowest BCUT2D eigenvalue weighted by atomic mass is 9.70. The van der Waals surface area contributed by atoms with E-state index in [1.807, 2.05) is 51.1 Å². The summed E-state index contributed by atoms with van der Waals surface area (Å²) in [5.74, 6) is -2.55. The van der Waals surface area contributed by atoms with Gasteiger partial charge in [0.1, 0.15) is 6.04 Å². The van der Waals surface area contributed by atoms with Gasteiger partial charge in [0, 0.05) is 24.8 Å². The maximum absolute atomic E-state index is 13.6. The number of fused-ring (bicyclic) bond motifs is 1. The minimum absolute atomic E-state index is 0.0981. The molecule has 2 aliphatic rings. The van der Waals surface area contributed by atoms with E-state index < -0.39 is 23.8 Å². The average molecular weight is 457 g/mol. The van der Waals surface area contributed by atoms with Crippen LogP contribution in [0.1, 0.15) is 44.2 Å². The zero-order valence-corrected chi connectivity index (χ0v) is 20.0. The highest BCUT2D eigenvalue weighted by atomic mass is 16.5. The Morgan fingerprint density at radius 1 is 1.15 bits per heavy atom. The van der Waals surface area contributed by atoms with E-state index >= 15 is 0 Å². The summed E-state index contributed by atoms with van der Waals surface area (Å²) in [7, 11) is 0. The SMILES string of the molecule is CCOC(=O)[C@H]1[C@H]2C(=O)N(CCCCCO)[C@H](C(=O)Nc3cc(C)ccc3C)[C@H]2C=C[C@H]1C. The van der Waals surface area contributed by atoms with Crippen LogP contribution in [-0.4, -0.2) is 53.6 Å². The second-order valence-electron chi connectivity index (χ2n) is 9.19. The summed E-state index contributed by atoms with van der Waals surface area (Å²) in [4.78, 5) is 41.6. The van der Waals surface area contributed by atoms with E-state index in [1.165, 1.54) is 0 Å². The van der Waals surface area contributed by atoms with Crippen molar-refractivity contribution in [3.63, 3.8) is 0 Å². The fraction of sp³-hybridized carbons (Fsp3) is 0.577. The molecule has 1 aliphatic heterocycles. The van der Waals surface area contributed by atoms with Crippen molar-refractivity contribution in [2.75, 3.05) is 25.1 Å². The van der Waals surface area contributed by atoms with E-state index in [0.29, 0.717) is 19.4 Å². The Bertz CT molecular complexity index is 912. The van der Waals surface area contributed by atoms with Gasteiger partial charge in [-0.3, -0.25) is 14.4 Å². The van der Waals surface area contributed by atoms with Gasteiger partial charge in [-0.15, -0.1) is 0 Å². The van der Waals surface area contributed by atoms with Crippen LogP contribution in [0.5, 0.6) is 0 Å². The first kappa shape index (κ1) is 25.0. The van der Waals surface area contributed by atoms with Crippen molar-refractivity contribution in [1.82, 2.24) is 4.90 Å². The quantitative estimate of drug-likeness (QED) is 0.338. The normalized spacial score (nSPS) is 26.3. The number of hydrogen-bond donors (Lipinski definition) is 2. The molecule has 180 valence electrons. The summed E-state index contributed by atoms with van der Waals surface area (Å²) in [6.07, 6.45) is 5.96. The number of benzene rings is 1. The number of aliphatic hydroxyl groups excluding tert-OH is 1. The van der Waals surface area contributed by atoms with E-state index in [0.717, 1.165) is 23.2 Å². The number of esters is 1. The highest BCUT2D eigenvalue weighted by molar-refractivity contribution is 6.02. The number of nitrogens with zero attached hydrogens (tertiary/aromatic N) is 1. The molecule has 3 rings (SSSR count). The number of carbonyl (C=O) groups excluding carboxylic acids is 3. The third-order valence-corrected chi connectivity index (χ3v) is 6.81. The molecule has 0 spiro atoms. The molecule has 0 radical (unpaired) electrons. The first-order valence-electron chi connectivity index (χ1n) is 11.9. The first-order chi connectivity index (χ1) is 15.8. The minimum Gasteiger partial charge on any atom is -0.466 e. The predicted octanol–water partition coefficient (Wildman–Crippen LogP) is 3.23. The third kappa shape index (κ3) is 5.29. The lowest BCUT2D eigenvalue weighted by Crippen LogP contribution is -2.44. The number of ether oxygens (including phenoxy) is 1. The Morgan fingerprint density at radius 2 is 1.91 bits per heavy atom. The average Bonchev–Trinajstić information content (AvgIpc) is 3.05. The van der Waals surface area contributed by atoms with Crippen LogP contribution in [0.15, 0.2) is 30.4 Å². The van der Waals surface area contributed by atoms with E-state index in [9.17, 15) is 14.4 Å². The highest BCUT2D eigenvalue weighted by Gasteiger charge is 2.56. The third-order valence-electron chi connectivity index (χ3n) is 6.81. The Kier molecular flexibility index (Phi) is 8.30. The Labute approximate surface area is 196 Å². The number of likely N-dealkylation sites (tertiary alicyclic amines) is 1. The maximum atomic E-state index is 13.6. The fourth-order valence-electron chi connectivity index (χ4n) is 5.08. The summed E-state index contributed by atoms with van der Waals surface area (Å²) >= 11 is 0. The number of rotatable bonds is 9. The van der Waals surface area contributed by atoms with Crippen LogP contribution < -0.4 is 5.32 Å². The topological polar surface area (TPSA) is 95.9 Å². The van der Waals surface area contributed by atoms with Gasteiger partial charge in [0.25, 0.3) is 0 Å². The number of allylic oxidation sites excluding steroid dienone is 1. The van der Waals surface area contributed by atoms with Crippen molar-refractivity contribution in [3.8, 4) is 0 Å². The van der Waals surface area contributed by atoms with Gasteiger partial charge in [-0.05, 0) is 63.1 Å². The zero-order valence-electron chi connectivity index (χ0n) is 20.0. The monoisotopic (exact) mass is 456 g/mol. The molecule has 33 heavy (non-hydrogen) atoms. The molecular formula is C26H36N2O5. The Balaban J connectivity index is 1.92. The summed E-state index contributed by atoms with van der Waals surface area (Å²) < 4.78 is 5.31. The Hall–Kier alpha value is -2.67. The first-order valence-corrected chi connectivity index (χ1v) is 11.9. The van der Waals surface area contributed by atoms with Crippen LogP contribution in [0.2, 0.25) is 0 Å². The second-order valence-corrected chi connectivity index (χ2v) is 9.19. The zero-order chi connectivity index (χ0) is 24.1. The van der Waals surface area contributed by atoms with Crippen molar-refractivity contribution in [1.29, 1.82) is 0 Å². The molecule has 0 unspecified atom stereocenters. The van der Waals surface area contributed by atoms with E-state index in [-0.39, 0.29) is 36.9 Å². The van der Waals surface area contributed by atoms with Gasteiger partial charge in [0.2, 0.25) is 11.8 Å². The van der Waals surface area contributed by atoms with Gasteiger partial charge in [0.15, 0.2) is 0 Å². The smallest absolute Gasteiger partial charge is 0.310 e. The molecule has 1 saturated heterocycles. The van der Waals surface area contributed by atoms with Crippen LogP contribution >= 0.6 is 0 Å². The Morgan fingerprint density at radius 3 is 2.61 bits per heavy atom. The van der Waals surface area contributed by atoms with E-state index in [4.69, 9.17) is 9.84 Å². The van der Waals surface area contributed by atoms with Crippen molar-refractivity contribution in [3.05, 3.63) is 41.5 Å². The lowest BCUT2D eigenvalue weighted by molar-refractivity contribution is -0.155. The van der Waals surface area contributed by atoms with Crippen molar-refractivity contribution >= 4 is 23.5 Å². The molecule has 0 saturated carbocycles. The maximum Gasteiger partial charge on any atom is 0.310 e. The number of aryl methyl sites for hydroxylation is 2. The molecule has 1 aromatic rings. The number of aliphatic hydroxyl groups is 1. The number of carbonyl (C=O) groups is 3. The fourth-order valence-corrected chi connectivity index (χ4v) is 5.08. The van der Waals surface area contributed by atoms with Crippen LogP contribution in [0.4, 0.5) is 5.69 Å². The summed E-state index contributed by atoms with van der Waals surface area (Å²) in [5.41, 5.74) is 2.71. The molecule has 0 aromatic heterocycles. The number of unbranched alkanes of at least 4 members (excludes halogenated alkanes) is 2. The van der Waals surface area contributed by atoms with E-state index in [2.05, 4.69) is 5.32 Å². The van der Waals surface area contributed by atoms with Crippen LogP contribution in [0.25, 0.3) is 0 Å². The summed E-state index contributed by atoms with van der Waals surface area (Å²) in [6.45, 7) is 8.32. The molecule has 7 nitrogen and oxygen atoms in total. The molecule has 2 N–H and O–H groups in total. The van der Waals surface area contributed by atoms with Gasteiger partial charge in [-0.25, -0.2) is 0 Å². The van der Waals surface area contributed by atoms with Crippen LogP contribution in [0, 0.1) is 37.5 Å². The van der Waals surface area contributed by atoms with Gasteiger partial charge in [0.05, 0.1) is 18.4 Å².